The molecule has 35 heavy (non-hydrogen) atoms. The van der Waals surface area contributed by atoms with E-state index in [0.29, 0.717) is 24.2 Å². The molecule has 2 bridgehead atoms. The van der Waals surface area contributed by atoms with Crippen molar-refractivity contribution in [1.82, 2.24) is 24.2 Å². The summed E-state index contributed by atoms with van der Waals surface area (Å²) in [5, 5.41) is 0. The molecule has 3 saturated heterocycles. The Bertz CT molecular complexity index is 1390. The molecule has 2 unspecified atom stereocenters. The quantitative estimate of drug-likeness (QED) is 0.375. The molecule has 3 aliphatic rings. The highest BCUT2D eigenvalue weighted by Crippen LogP contribution is 2.33. The number of ether oxygens (including phenoxy) is 1. The van der Waals surface area contributed by atoms with Gasteiger partial charge in [0, 0.05) is 54.0 Å². The van der Waals surface area contributed by atoms with Gasteiger partial charge in [-0.3, -0.25) is 9.69 Å². The van der Waals surface area contributed by atoms with Gasteiger partial charge >= 0.3 is 0 Å². The van der Waals surface area contributed by atoms with Crippen molar-refractivity contribution in [2.24, 2.45) is 0 Å². The average molecular weight is 532 g/mol. The van der Waals surface area contributed by atoms with Crippen LogP contribution in [-0.4, -0.2) is 62.4 Å². The molecular weight excluding hydrogens is 506 g/mol. The molecule has 178 valence electrons. The van der Waals surface area contributed by atoms with Crippen molar-refractivity contribution in [3.05, 3.63) is 82.7 Å². The second kappa shape index (κ2) is 9.09. The number of nitrogens with zero attached hydrogens (tertiary/aromatic N) is 5. The Hall–Kier alpha value is -3.23. The maximum Gasteiger partial charge on any atom is 0.272 e. The van der Waals surface area contributed by atoms with E-state index in [1.54, 1.807) is 19.2 Å². The van der Waals surface area contributed by atoms with Crippen molar-refractivity contribution in [2.75, 3.05) is 20.2 Å². The first-order chi connectivity index (χ1) is 17.1. The van der Waals surface area contributed by atoms with Gasteiger partial charge < -0.3 is 14.0 Å². The van der Waals surface area contributed by atoms with E-state index in [2.05, 4.69) is 66.7 Å². The highest BCUT2D eigenvalue weighted by molar-refractivity contribution is 9.10. The first-order valence-corrected chi connectivity index (χ1v) is 12.7. The Morgan fingerprint density at radius 3 is 2.60 bits per heavy atom. The second-order valence-corrected chi connectivity index (χ2v) is 10.1. The third-order valence-electron chi connectivity index (χ3n) is 7.16. The standard InChI is InChI=1S/C27H26BrN5O2/c1-35-25-7-4-5-22(29-25)27(34)33-16-20-12-13-21(33)15-31(20)17-23-26(18-8-10-19(28)11-9-18)30-24-6-2-3-14-32(23)24/h2-11,14,20-21H,12-13,15-17H2,1H3. The van der Waals surface area contributed by atoms with Crippen LogP contribution in [-0.2, 0) is 6.54 Å². The number of carbonyl (C=O) groups is 1. The lowest BCUT2D eigenvalue weighted by Crippen LogP contribution is -2.63. The summed E-state index contributed by atoms with van der Waals surface area (Å²) in [4.78, 5) is 27.2. The molecule has 3 aromatic heterocycles. The first-order valence-electron chi connectivity index (χ1n) is 11.9. The normalized spacial score (nSPS) is 19.9. The van der Waals surface area contributed by atoms with Crippen LogP contribution in [0.5, 0.6) is 5.88 Å². The lowest BCUT2D eigenvalue weighted by Gasteiger charge is -2.51. The number of hydrogen-bond acceptors (Lipinski definition) is 5. The Kier molecular flexibility index (Phi) is 5.78. The maximum atomic E-state index is 13.3. The number of imidazole rings is 1. The van der Waals surface area contributed by atoms with Crippen LogP contribution in [0.3, 0.4) is 0 Å². The summed E-state index contributed by atoms with van der Waals surface area (Å²) in [6.45, 7) is 2.35. The Morgan fingerprint density at radius 1 is 1.00 bits per heavy atom. The van der Waals surface area contributed by atoms with Gasteiger partial charge in [-0.15, -0.1) is 0 Å². The van der Waals surface area contributed by atoms with Crippen molar-refractivity contribution in [1.29, 1.82) is 0 Å². The summed E-state index contributed by atoms with van der Waals surface area (Å²) in [7, 11) is 1.57. The van der Waals surface area contributed by atoms with E-state index in [1.807, 2.05) is 23.1 Å². The number of methoxy groups -OCH3 is 1. The van der Waals surface area contributed by atoms with Gasteiger partial charge in [-0.2, -0.15) is 0 Å². The molecule has 3 fully saturated rings. The van der Waals surface area contributed by atoms with Crippen LogP contribution < -0.4 is 4.74 Å². The van der Waals surface area contributed by atoms with Crippen LogP contribution in [0.4, 0.5) is 0 Å². The third kappa shape index (κ3) is 4.10. The highest BCUT2D eigenvalue weighted by Gasteiger charge is 2.42. The van der Waals surface area contributed by atoms with Gasteiger partial charge in [0.2, 0.25) is 5.88 Å². The average Bonchev–Trinajstić information content (AvgIpc) is 3.27. The van der Waals surface area contributed by atoms with Gasteiger partial charge in [0.1, 0.15) is 11.3 Å². The number of piperazine rings is 1. The van der Waals surface area contributed by atoms with Gasteiger partial charge in [0.25, 0.3) is 5.91 Å². The van der Waals surface area contributed by atoms with Gasteiger partial charge in [0.05, 0.1) is 18.5 Å². The number of carbonyl (C=O) groups excluding carboxylic acids is 1. The van der Waals surface area contributed by atoms with Crippen molar-refractivity contribution in [2.45, 2.75) is 31.5 Å². The van der Waals surface area contributed by atoms with E-state index in [1.165, 1.54) is 5.69 Å². The lowest BCUT2D eigenvalue weighted by molar-refractivity contribution is -0.0162. The summed E-state index contributed by atoms with van der Waals surface area (Å²) < 4.78 is 8.47. The molecule has 0 N–H and O–H groups in total. The summed E-state index contributed by atoms with van der Waals surface area (Å²) >= 11 is 3.54. The van der Waals surface area contributed by atoms with E-state index in [9.17, 15) is 4.79 Å². The smallest absolute Gasteiger partial charge is 0.272 e. The summed E-state index contributed by atoms with van der Waals surface area (Å²) in [5.41, 5.74) is 4.70. The number of benzene rings is 1. The second-order valence-electron chi connectivity index (χ2n) is 9.18. The molecule has 1 amide bonds. The fourth-order valence-electron chi connectivity index (χ4n) is 5.38. The van der Waals surface area contributed by atoms with Crippen LogP contribution in [0.1, 0.15) is 29.0 Å². The number of hydrogen-bond donors (Lipinski definition) is 0. The Balaban J connectivity index is 1.27. The predicted molar refractivity (Wildman–Crippen MR) is 137 cm³/mol. The number of halogens is 1. The lowest BCUT2D eigenvalue weighted by atomic mass is 9.90. The van der Waals surface area contributed by atoms with E-state index < -0.39 is 0 Å². The zero-order chi connectivity index (χ0) is 23.9. The predicted octanol–water partition coefficient (Wildman–Crippen LogP) is 4.66. The zero-order valence-corrected chi connectivity index (χ0v) is 21.1. The summed E-state index contributed by atoms with van der Waals surface area (Å²) in [6.07, 6.45) is 4.19. The molecule has 0 radical (unpaired) electrons. The number of piperidine rings is 2. The number of fused-ring (bicyclic) bond motifs is 4. The van der Waals surface area contributed by atoms with E-state index in [4.69, 9.17) is 9.72 Å². The van der Waals surface area contributed by atoms with E-state index in [0.717, 1.165) is 47.3 Å². The molecule has 0 spiro atoms. The van der Waals surface area contributed by atoms with Crippen LogP contribution in [0.25, 0.3) is 16.9 Å². The fraction of sp³-hybridized carbons (Fsp3) is 0.296. The Morgan fingerprint density at radius 2 is 1.83 bits per heavy atom. The molecule has 7 rings (SSSR count). The minimum atomic E-state index is -0.0106. The first kappa shape index (κ1) is 22.2. The summed E-state index contributed by atoms with van der Waals surface area (Å²) in [5.74, 6) is 0.455. The van der Waals surface area contributed by atoms with Gasteiger partial charge in [-0.05, 0) is 43.2 Å². The Labute approximate surface area is 212 Å². The van der Waals surface area contributed by atoms with Crippen molar-refractivity contribution in [3.8, 4) is 17.1 Å². The fourth-order valence-corrected chi connectivity index (χ4v) is 5.65. The summed E-state index contributed by atoms with van der Waals surface area (Å²) in [6, 6.07) is 20.3. The SMILES string of the molecule is COc1cccc(C(=O)N2CC3CCC2CN3Cc2c(-c3ccc(Br)cc3)nc3ccccn23)n1. The van der Waals surface area contributed by atoms with Crippen LogP contribution in [0.2, 0.25) is 0 Å². The molecule has 6 heterocycles. The van der Waals surface area contributed by atoms with Crippen molar-refractivity contribution in [3.63, 3.8) is 0 Å². The molecule has 7 nitrogen and oxygen atoms in total. The molecule has 4 aromatic rings. The number of aromatic nitrogens is 3. The minimum absolute atomic E-state index is 0.0106. The van der Waals surface area contributed by atoms with Crippen LogP contribution >= 0.6 is 15.9 Å². The monoisotopic (exact) mass is 531 g/mol. The van der Waals surface area contributed by atoms with Crippen LogP contribution in [0, 0.1) is 0 Å². The third-order valence-corrected chi connectivity index (χ3v) is 7.68. The van der Waals surface area contributed by atoms with Crippen LogP contribution in [0.15, 0.2) is 71.3 Å². The molecule has 0 aliphatic carbocycles. The maximum absolute atomic E-state index is 13.3. The zero-order valence-electron chi connectivity index (χ0n) is 19.5. The number of amides is 1. The molecule has 3 aliphatic heterocycles. The minimum Gasteiger partial charge on any atom is -0.481 e. The molecule has 0 saturated carbocycles. The molecule has 8 heteroatoms. The molecule has 1 aromatic carbocycles. The number of rotatable bonds is 5. The topological polar surface area (TPSA) is 63.0 Å². The van der Waals surface area contributed by atoms with Gasteiger partial charge in [-0.25, -0.2) is 9.97 Å². The van der Waals surface area contributed by atoms with Gasteiger partial charge in [-0.1, -0.05) is 40.2 Å². The van der Waals surface area contributed by atoms with E-state index in [-0.39, 0.29) is 11.9 Å². The van der Waals surface area contributed by atoms with Gasteiger partial charge in [0.15, 0.2) is 0 Å². The number of pyridine rings is 2. The van der Waals surface area contributed by atoms with Crippen molar-refractivity contribution < 1.29 is 9.53 Å². The largest absolute Gasteiger partial charge is 0.481 e. The van der Waals surface area contributed by atoms with E-state index >= 15 is 0 Å². The molecule has 2 atom stereocenters. The van der Waals surface area contributed by atoms with Crippen molar-refractivity contribution >= 4 is 27.5 Å². The molecular formula is C27H26BrN5O2. The highest BCUT2D eigenvalue weighted by atomic mass is 79.9.